The number of hydrogen-bond donors (Lipinski definition) is 2. The van der Waals surface area contributed by atoms with Gasteiger partial charge in [-0.15, -0.1) is 0 Å². The van der Waals surface area contributed by atoms with Crippen molar-refractivity contribution in [2.45, 2.75) is 39.2 Å². The van der Waals surface area contributed by atoms with Gasteiger partial charge in [-0.3, -0.25) is 14.5 Å². The standard InChI is InChI=1S/C11H22N2O3/c1-11(2,3)13(8-10(15)16)7-5-6-9(14)12-4/h5-8H2,1-4H3,(H,12,14)(H,15,16). The zero-order chi connectivity index (χ0) is 12.8. The van der Waals surface area contributed by atoms with Crippen molar-refractivity contribution in [2.24, 2.45) is 0 Å². The molecule has 0 saturated carbocycles. The van der Waals surface area contributed by atoms with Gasteiger partial charge in [0.25, 0.3) is 0 Å². The molecule has 0 saturated heterocycles. The molecule has 1 amide bonds. The summed E-state index contributed by atoms with van der Waals surface area (Å²) in [4.78, 5) is 23.6. The molecule has 0 atom stereocenters. The van der Waals surface area contributed by atoms with E-state index in [2.05, 4.69) is 5.32 Å². The highest BCUT2D eigenvalue weighted by atomic mass is 16.4. The predicted octanol–water partition coefficient (Wildman–Crippen LogP) is 0.698. The maximum Gasteiger partial charge on any atom is 0.317 e. The largest absolute Gasteiger partial charge is 0.480 e. The molecule has 0 radical (unpaired) electrons. The van der Waals surface area contributed by atoms with Crippen LogP contribution < -0.4 is 5.32 Å². The van der Waals surface area contributed by atoms with Crippen molar-refractivity contribution in [1.29, 1.82) is 0 Å². The number of nitrogens with zero attached hydrogens (tertiary/aromatic N) is 1. The summed E-state index contributed by atoms with van der Waals surface area (Å²) in [6.45, 7) is 6.53. The van der Waals surface area contributed by atoms with Gasteiger partial charge in [-0.2, -0.15) is 0 Å². The summed E-state index contributed by atoms with van der Waals surface area (Å²) in [5.74, 6) is -0.848. The van der Waals surface area contributed by atoms with Gasteiger partial charge < -0.3 is 10.4 Å². The summed E-state index contributed by atoms with van der Waals surface area (Å²) >= 11 is 0. The number of hydrogen-bond acceptors (Lipinski definition) is 3. The Kier molecular flexibility index (Phi) is 6.03. The highest BCUT2D eigenvalue weighted by Crippen LogP contribution is 2.13. The number of carboxylic acid groups (broad SMARTS) is 1. The van der Waals surface area contributed by atoms with E-state index in [-0.39, 0.29) is 18.0 Å². The molecule has 0 spiro atoms. The van der Waals surface area contributed by atoms with Crippen LogP contribution in [0.1, 0.15) is 33.6 Å². The Balaban J connectivity index is 4.13. The molecule has 0 aliphatic heterocycles. The van der Waals surface area contributed by atoms with E-state index in [1.807, 2.05) is 25.7 Å². The van der Waals surface area contributed by atoms with Crippen molar-refractivity contribution < 1.29 is 14.7 Å². The molecule has 0 aromatic heterocycles. The van der Waals surface area contributed by atoms with Crippen molar-refractivity contribution in [3.05, 3.63) is 0 Å². The Morgan fingerprint density at radius 1 is 1.31 bits per heavy atom. The van der Waals surface area contributed by atoms with Crippen molar-refractivity contribution in [3.63, 3.8) is 0 Å². The van der Waals surface area contributed by atoms with E-state index < -0.39 is 5.97 Å². The fourth-order valence-corrected chi connectivity index (χ4v) is 1.37. The van der Waals surface area contributed by atoms with Crippen LogP contribution in [0.2, 0.25) is 0 Å². The van der Waals surface area contributed by atoms with Crippen LogP contribution in [0, 0.1) is 0 Å². The SMILES string of the molecule is CNC(=O)CCCN(CC(=O)O)C(C)(C)C. The van der Waals surface area contributed by atoms with Gasteiger partial charge in [-0.1, -0.05) is 0 Å². The van der Waals surface area contributed by atoms with Crippen LogP contribution in [-0.4, -0.2) is 47.6 Å². The molecular weight excluding hydrogens is 208 g/mol. The molecule has 16 heavy (non-hydrogen) atoms. The maximum atomic E-state index is 11.0. The van der Waals surface area contributed by atoms with Gasteiger partial charge in [0.2, 0.25) is 5.91 Å². The molecule has 0 aromatic rings. The highest BCUT2D eigenvalue weighted by Gasteiger charge is 2.22. The Hall–Kier alpha value is -1.10. The van der Waals surface area contributed by atoms with Crippen LogP contribution in [0.3, 0.4) is 0 Å². The maximum absolute atomic E-state index is 11.0. The lowest BCUT2D eigenvalue weighted by molar-refractivity contribution is -0.139. The lowest BCUT2D eigenvalue weighted by Gasteiger charge is -2.34. The van der Waals surface area contributed by atoms with Crippen molar-refractivity contribution in [3.8, 4) is 0 Å². The molecule has 0 aliphatic rings. The number of nitrogens with one attached hydrogen (secondary N) is 1. The van der Waals surface area contributed by atoms with Gasteiger partial charge >= 0.3 is 5.97 Å². The van der Waals surface area contributed by atoms with Crippen LogP contribution in [0.25, 0.3) is 0 Å². The second kappa shape index (κ2) is 6.48. The summed E-state index contributed by atoms with van der Waals surface area (Å²) in [6.07, 6.45) is 1.10. The smallest absolute Gasteiger partial charge is 0.317 e. The first-order valence-corrected chi connectivity index (χ1v) is 5.45. The van der Waals surface area contributed by atoms with Crippen molar-refractivity contribution >= 4 is 11.9 Å². The lowest BCUT2D eigenvalue weighted by atomic mass is 10.1. The van der Waals surface area contributed by atoms with Crippen LogP contribution in [-0.2, 0) is 9.59 Å². The third-order valence-electron chi connectivity index (χ3n) is 2.39. The molecule has 2 N–H and O–H groups in total. The first-order valence-electron chi connectivity index (χ1n) is 5.45. The fourth-order valence-electron chi connectivity index (χ4n) is 1.37. The normalized spacial score (nSPS) is 11.6. The minimum absolute atomic E-state index is 0.0100. The van der Waals surface area contributed by atoms with Gasteiger partial charge in [0.05, 0.1) is 6.54 Å². The highest BCUT2D eigenvalue weighted by molar-refractivity contribution is 5.75. The summed E-state index contributed by atoms with van der Waals surface area (Å²) in [5, 5.41) is 11.3. The average Bonchev–Trinajstić information content (AvgIpc) is 2.13. The molecule has 0 fully saturated rings. The topological polar surface area (TPSA) is 69.6 Å². The summed E-state index contributed by atoms with van der Waals surface area (Å²) in [7, 11) is 1.60. The molecule has 0 unspecified atom stereocenters. The van der Waals surface area contributed by atoms with Crippen molar-refractivity contribution in [1.82, 2.24) is 10.2 Å². The molecule has 0 aliphatic carbocycles. The number of amides is 1. The number of carbonyl (C=O) groups excluding carboxylic acids is 1. The Morgan fingerprint density at radius 2 is 1.88 bits per heavy atom. The number of carbonyl (C=O) groups is 2. The molecule has 5 heteroatoms. The Labute approximate surface area is 96.8 Å². The zero-order valence-electron chi connectivity index (χ0n) is 10.5. The molecule has 5 nitrogen and oxygen atoms in total. The monoisotopic (exact) mass is 230 g/mol. The lowest BCUT2D eigenvalue weighted by Crippen LogP contribution is -2.45. The van der Waals surface area contributed by atoms with Crippen LogP contribution in [0.5, 0.6) is 0 Å². The zero-order valence-corrected chi connectivity index (χ0v) is 10.5. The van der Waals surface area contributed by atoms with Crippen molar-refractivity contribution in [2.75, 3.05) is 20.1 Å². The van der Waals surface area contributed by atoms with Crippen LogP contribution >= 0.6 is 0 Å². The first kappa shape index (κ1) is 14.9. The quantitative estimate of drug-likeness (QED) is 0.704. The summed E-state index contributed by atoms with van der Waals surface area (Å²) in [6, 6.07) is 0. The van der Waals surface area contributed by atoms with E-state index in [9.17, 15) is 9.59 Å². The van der Waals surface area contributed by atoms with Gasteiger partial charge in [-0.25, -0.2) is 0 Å². The van der Waals surface area contributed by atoms with Gasteiger partial charge in [0.15, 0.2) is 0 Å². The molecule has 0 bridgehead atoms. The number of carboxylic acids is 1. The van der Waals surface area contributed by atoms with Gasteiger partial charge in [0.1, 0.15) is 0 Å². The van der Waals surface area contributed by atoms with E-state index in [1.165, 1.54) is 0 Å². The fraction of sp³-hybridized carbons (Fsp3) is 0.818. The van der Waals surface area contributed by atoms with Gasteiger partial charge in [-0.05, 0) is 33.7 Å². The second-order valence-electron chi connectivity index (χ2n) is 4.76. The average molecular weight is 230 g/mol. The first-order chi connectivity index (χ1) is 7.27. The summed E-state index contributed by atoms with van der Waals surface area (Å²) < 4.78 is 0. The number of aliphatic carboxylic acids is 1. The Morgan fingerprint density at radius 3 is 2.25 bits per heavy atom. The minimum Gasteiger partial charge on any atom is -0.480 e. The summed E-state index contributed by atoms with van der Waals surface area (Å²) in [5.41, 5.74) is -0.193. The Bertz CT molecular complexity index is 246. The van der Waals surface area contributed by atoms with E-state index in [0.717, 1.165) is 0 Å². The minimum atomic E-state index is -0.838. The predicted molar refractivity (Wildman–Crippen MR) is 62.3 cm³/mol. The molecule has 0 aromatic carbocycles. The third kappa shape index (κ3) is 6.40. The molecular formula is C11H22N2O3. The van der Waals surface area contributed by atoms with Gasteiger partial charge in [0, 0.05) is 19.0 Å². The molecule has 94 valence electrons. The molecule has 0 heterocycles. The second-order valence-corrected chi connectivity index (χ2v) is 4.76. The van der Waals surface area contributed by atoms with E-state index in [4.69, 9.17) is 5.11 Å². The number of rotatable bonds is 6. The molecule has 0 rings (SSSR count). The third-order valence-corrected chi connectivity index (χ3v) is 2.39. The van der Waals surface area contributed by atoms with Crippen LogP contribution in [0.15, 0.2) is 0 Å². The van der Waals surface area contributed by atoms with E-state index in [1.54, 1.807) is 7.05 Å². The van der Waals surface area contributed by atoms with E-state index in [0.29, 0.717) is 19.4 Å². The van der Waals surface area contributed by atoms with E-state index >= 15 is 0 Å². The van der Waals surface area contributed by atoms with Crippen LogP contribution in [0.4, 0.5) is 0 Å².